The average molecular weight is 353 g/mol. The Kier molecular flexibility index (Phi) is 5.38. The summed E-state index contributed by atoms with van der Waals surface area (Å²) in [6.07, 6.45) is 1.62. The molecule has 0 aliphatic carbocycles. The second-order valence-corrected chi connectivity index (χ2v) is 5.17. The van der Waals surface area contributed by atoms with Gasteiger partial charge in [-0.25, -0.2) is 4.98 Å². The number of hydrogen-bond donors (Lipinski definition) is 1. The Morgan fingerprint density at radius 2 is 1.54 bits per heavy atom. The molecular weight excluding hydrogens is 334 g/mol. The van der Waals surface area contributed by atoms with E-state index in [1.165, 1.54) is 0 Å². The number of nitrogens with one attached hydrogen (secondary N) is 1. The summed E-state index contributed by atoms with van der Waals surface area (Å²) in [6, 6.07) is 14.7. The van der Waals surface area contributed by atoms with Crippen molar-refractivity contribution >= 4 is 11.6 Å². The monoisotopic (exact) mass is 353 g/mol. The van der Waals surface area contributed by atoms with Gasteiger partial charge in [0.25, 0.3) is 0 Å². The van der Waals surface area contributed by atoms with Crippen molar-refractivity contribution in [2.45, 2.75) is 0 Å². The highest BCUT2D eigenvalue weighted by Crippen LogP contribution is 2.40. The molecule has 1 N–H and O–H groups in total. The Morgan fingerprint density at radius 1 is 0.846 bits per heavy atom. The highest BCUT2D eigenvalue weighted by atomic mass is 16.5. The molecule has 0 unspecified atom stereocenters. The summed E-state index contributed by atoms with van der Waals surface area (Å²) in [5.74, 6) is 3.10. The SMILES string of the molecule is COc1cc(Nc2nccc(Oc3ccccc3)n2)cc(OC)c1OC. The van der Waals surface area contributed by atoms with Crippen molar-refractivity contribution < 1.29 is 18.9 Å². The second kappa shape index (κ2) is 8.06. The number of anilines is 2. The van der Waals surface area contributed by atoms with Crippen LogP contribution in [0, 0.1) is 0 Å². The zero-order valence-electron chi connectivity index (χ0n) is 14.7. The van der Waals surface area contributed by atoms with Crippen LogP contribution in [0.25, 0.3) is 0 Å². The van der Waals surface area contributed by atoms with Crippen molar-refractivity contribution in [2.24, 2.45) is 0 Å². The normalized spacial score (nSPS) is 10.1. The highest BCUT2D eigenvalue weighted by molar-refractivity contribution is 5.65. The van der Waals surface area contributed by atoms with E-state index in [1.54, 1.807) is 45.7 Å². The number of ether oxygens (including phenoxy) is 4. The summed E-state index contributed by atoms with van der Waals surface area (Å²) >= 11 is 0. The zero-order valence-corrected chi connectivity index (χ0v) is 14.7. The van der Waals surface area contributed by atoms with Crippen molar-refractivity contribution in [1.82, 2.24) is 9.97 Å². The molecule has 0 bridgehead atoms. The Bertz CT molecular complexity index is 847. The predicted molar refractivity (Wildman–Crippen MR) is 97.9 cm³/mol. The minimum atomic E-state index is 0.382. The lowest BCUT2D eigenvalue weighted by Gasteiger charge is -2.14. The van der Waals surface area contributed by atoms with E-state index >= 15 is 0 Å². The molecule has 7 heteroatoms. The first-order valence-corrected chi connectivity index (χ1v) is 7.86. The van der Waals surface area contributed by atoms with Crippen LogP contribution in [0.2, 0.25) is 0 Å². The highest BCUT2D eigenvalue weighted by Gasteiger charge is 2.14. The van der Waals surface area contributed by atoms with E-state index in [0.717, 1.165) is 0 Å². The van der Waals surface area contributed by atoms with Crippen molar-refractivity contribution in [3.63, 3.8) is 0 Å². The Morgan fingerprint density at radius 3 is 2.15 bits per heavy atom. The van der Waals surface area contributed by atoms with Crippen LogP contribution in [0.3, 0.4) is 0 Å². The van der Waals surface area contributed by atoms with Gasteiger partial charge < -0.3 is 24.3 Å². The third-order valence-electron chi connectivity index (χ3n) is 3.52. The van der Waals surface area contributed by atoms with Gasteiger partial charge in [-0.1, -0.05) is 18.2 Å². The molecule has 0 saturated carbocycles. The van der Waals surface area contributed by atoms with E-state index in [-0.39, 0.29) is 0 Å². The predicted octanol–water partition coefficient (Wildman–Crippen LogP) is 4.04. The summed E-state index contributed by atoms with van der Waals surface area (Å²) in [7, 11) is 4.68. The molecule has 134 valence electrons. The van der Waals surface area contributed by atoms with Gasteiger partial charge in [-0.05, 0) is 12.1 Å². The summed E-state index contributed by atoms with van der Waals surface area (Å²) < 4.78 is 21.7. The standard InChI is InChI=1S/C19H19N3O4/c1-23-15-11-13(12-16(24-2)18(15)25-3)21-19-20-10-9-17(22-19)26-14-7-5-4-6-8-14/h4-12H,1-3H3,(H,20,21,22). The van der Waals surface area contributed by atoms with Gasteiger partial charge in [-0.15, -0.1) is 0 Å². The van der Waals surface area contributed by atoms with Gasteiger partial charge in [0.15, 0.2) is 11.5 Å². The van der Waals surface area contributed by atoms with Gasteiger partial charge in [0.05, 0.1) is 21.3 Å². The largest absolute Gasteiger partial charge is 0.493 e. The van der Waals surface area contributed by atoms with Crippen molar-refractivity contribution in [2.75, 3.05) is 26.6 Å². The lowest BCUT2D eigenvalue weighted by atomic mass is 10.2. The van der Waals surface area contributed by atoms with Crippen LogP contribution in [0.15, 0.2) is 54.7 Å². The van der Waals surface area contributed by atoms with Gasteiger partial charge in [-0.3, -0.25) is 0 Å². The van der Waals surface area contributed by atoms with Gasteiger partial charge in [0.1, 0.15) is 5.75 Å². The first-order valence-electron chi connectivity index (χ1n) is 7.86. The summed E-state index contributed by atoms with van der Waals surface area (Å²) in [6.45, 7) is 0. The Labute approximate surface area is 151 Å². The molecule has 0 atom stereocenters. The van der Waals surface area contributed by atoms with E-state index in [2.05, 4.69) is 15.3 Å². The second-order valence-electron chi connectivity index (χ2n) is 5.17. The van der Waals surface area contributed by atoms with Crippen molar-refractivity contribution in [1.29, 1.82) is 0 Å². The molecular formula is C19H19N3O4. The molecule has 0 saturated heterocycles. The maximum atomic E-state index is 5.72. The number of benzene rings is 2. The summed E-state index contributed by atoms with van der Waals surface area (Å²) in [5, 5.41) is 3.11. The lowest BCUT2D eigenvalue weighted by molar-refractivity contribution is 0.324. The van der Waals surface area contributed by atoms with Crippen molar-refractivity contribution in [3.05, 3.63) is 54.7 Å². The van der Waals surface area contributed by atoms with Crippen LogP contribution in [-0.4, -0.2) is 31.3 Å². The molecule has 0 fully saturated rings. The molecule has 0 amide bonds. The number of methoxy groups -OCH3 is 3. The molecule has 3 rings (SSSR count). The van der Waals surface area contributed by atoms with Crippen LogP contribution in [0.5, 0.6) is 28.9 Å². The molecule has 26 heavy (non-hydrogen) atoms. The molecule has 7 nitrogen and oxygen atoms in total. The molecule has 0 radical (unpaired) electrons. The van der Waals surface area contributed by atoms with Crippen LogP contribution in [0.4, 0.5) is 11.6 Å². The van der Waals surface area contributed by atoms with E-state index < -0.39 is 0 Å². The van der Waals surface area contributed by atoms with Gasteiger partial charge in [0, 0.05) is 30.1 Å². The van der Waals surface area contributed by atoms with Gasteiger partial charge >= 0.3 is 0 Å². The van der Waals surface area contributed by atoms with E-state index in [9.17, 15) is 0 Å². The van der Waals surface area contributed by atoms with Crippen molar-refractivity contribution in [3.8, 4) is 28.9 Å². The maximum Gasteiger partial charge on any atom is 0.230 e. The molecule has 1 aromatic heterocycles. The minimum Gasteiger partial charge on any atom is -0.493 e. The van der Waals surface area contributed by atoms with E-state index in [4.69, 9.17) is 18.9 Å². The maximum absolute atomic E-state index is 5.72. The fourth-order valence-electron chi connectivity index (χ4n) is 2.35. The van der Waals surface area contributed by atoms with Crippen LogP contribution >= 0.6 is 0 Å². The van der Waals surface area contributed by atoms with Gasteiger partial charge in [-0.2, -0.15) is 4.98 Å². The number of para-hydroxylation sites is 1. The number of rotatable bonds is 7. The van der Waals surface area contributed by atoms with Crippen LogP contribution in [0.1, 0.15) is 0 Å². The fourth-order valence-corrected chi connectivity index (χ4v) is 2.35. The smallest absolute Gasteiger partial charge is 0.230 e. The molecule has 0 spiro atoms. The van der Waals surface area contributed by atoms with E-state index in [1.807, 2.05) is 30.3 Å². The molecule has 0 aliphatic heterocycles. The number of nitrogens with zero attached hydrogens (tertiary/aromatic N) is 2. The minimum absolute atomic E-state index is 0.382. The Hall–Kier alpha value is -3.48. The molecule has 3 aromatic rings. The quantitative estimate of drug-likeness (QED) is 0.687. The van der Waals surface area contributed by atoms with Crippen LogP contribution in [-0.2, 0) is 0 Å². The first-order chi connectivity index (χ1) is 12.7. The van der Waals surface area contributed by atoms with Gasteiger partial charge in [0.2, 0.25) is 17.6 Å². The van der Waals surface area contributed by atoms with E-state index in [0.29, 0.717) is 40.5 Å². The summed E-state index contributed by atoms with van der Waals surface area (Å²) in [5.41, 5.74) is 0.691. The topological polar surface area (TPSA) is 74.7 Å². The molecule has 2 aromatic carbocycles. The molecule has 1 heterocycles. The fraction of sp³-hybridized carbons (Fsp3) is 0.158. The third kappa shape index (κ3) is 3.94. The average Bonchev–Trinajstić information content (AvgIpc) is 2.68. The lowest BCUT2D eigenvalue weighted by Crippen LogP contribution is -2.01. The third-order valence-corrected chi connectivity index (χ3v) is 3.52. The first kappa shape index (κ1) is 17.3. The Balaban J connectivity index is 1.84. The van der Waals surface area contributed by atoms with Crippen LogP contribution < -0.4 is 24.3 Å². The zero-order chi connectivity index (χ0) is 18.4. The number of hydrogen-bond acceptors (Lipinski definition) is 7. The molecule has 0 aliphatic rings. The summed E-state index contributed by atoms with van der Waals surface area (Å²) in [4.78, 5) is 8.57. The number of aromatic nitrogens is 2.